The van der Waals surface area contributed by atoms with E-state index in [0.29, 0.717) is 13.0 Å². The zero-order valence-corrected chi connectivity index (χ0v) is 13.4. The Kier molecular flexibility index (Phi) is 7.76. The second-order valence-corrected chi connectivity index (χ2v) is 6.29. The lowest BCUT2D eigenvalue weighted by atomic mass is 9.87. The van der Waals surface area contributed by atoms with Crippen LogP contribution in [-0.4, -0.2) is 41.6 Å². The molecule has 0 bridgehead atoms. The predicted molar refractivity (Wildman–Crippen MR) is 79.9 cm³/mol. The number of hydrogen-bond donors (Lipinski definition) is 4. The van der Waals surface area contributed by atoms with Crippen molar-refractivity contribution in [2.75, 3.05) is 6.54 Å². The van der Waals surface area contributed by atoms with E-state index in [0.717, 1.165) is 0 Å². The fourth-order valence-corrected chi connectivity index (χ4v) is 1.94. The summed E-state index contributed by atoms with van der Waals surface area (Å²) in [4.78, 5) is 34.2. The second kappa shape index (κ2) is 8.49. The number of carbonyl (C=O) groups excluding carboxylic acids is 2. The van der Waals surface area contributed by atoms with E-state index >= 15 is 0 Å². The monoisotopic (exact) mass is 301 g/mol. The maximum absolute atomic E-state index is 11.8. The minimum Gasteiger partial charge on any atom is -0.481 e. The Bertz CT molecular complexity index is 377. The van der Waals surface area contributed by atoms with Gasteiger partial charge >= 0.3 is 12.0 Å². The molecule has 21 heavy (non-hydrogen) atoms. The highest BCUT2D eigenvalue weighted by molar-refractivity contribution is 5.86. The SMILES string of the molecule is CCNC(=O)C(C)NC(=O)NC(CC(=O)O)CC(C)(C)C. The topological polar surface area (TPSA) is 108 Å². The molecule has 0 aliphatic heterocycles. The number of urea groups is 1. The summed E-state index contributed by atoms with van der Waals surface area (Å²) in [5, 5.41) is 16.6. The number of carboxylic acid groups (broad SMARTS) is 1. The fraction of sp³-hybridized carbons (Fsp3) is 0.786. The molecule has 0 saturated carbocycles. The average molecular weight is 301 g/mol. The molecule has 7 nitrogen and oxygen atoms in total. The van der Waals surface area contributed by atoms with Crippen molar-refractivity contribution in [3.05, 3.63) is 0 Å². The number of carbonyl (C=O) groups is 3. The minimum absolute atomic E-state index is 0.113. The van der Waals surface area contributed by atoms with E-state index in [1.165, 1.54) is 0 Å². The van der Waals surface area contributed by atoms with Crippen molar-refractivity contribution >= 4 is 17.9 Å². The van der Waals surface area contributed by atoms with Crippen LogP contribution in [0.15, 0.2) is 0 Å². The van der Waals surface area contributed by atoms with Gasteiger partial charge in [-0.2, -0.15) is 0 Å². The first-order valence-corrected chi connectivity index (χ1v) is 7.11. The zero-order chi connectivity index (χ0) is 16.6. The maximum Gasteiger partial charge on any atom is 0.315 e. The lowest BCUT2D eigenvalue weighted by molar-refractivity contribution is -0.137. The van der Waals surface area contributed by atoms with Crippen LogP contribution in [0.4, 0.5) is 4.79 Å². The molecule has 122 valence electrons. The van der Waals surface area contributed by atoms with Gasteiger partial charge in [-0.25, -0.2) is 4.79 Å². The molecule has 0 aromatic carbocycles. The van der Waals surface area contributed by atoms with E-state index in [4.69, 9.17) is 5.11 Å². The molecule has 0 aliphatic rings. The molecule has 2 unspecified atom stereocenters. The molecular formula is C14H27N3O4. The van der Waals surface area contributed by atoms with E-state index in [2.05, 4.69) is 16.0 Å². The van der Waals surface area contributed by atoms with E-state index in [1.807, 2.05) is 20.8 Å². The van der Waals surface area contributed by atoms with Crippen LogP contribution in [0.5, 0.6) is 0 Å². The molecular weight excluding hydrogens is 274 g/mol. The summed E-state index contributed by atoms with van der Waals surface area (Å²) >= 11 is 0. The lowest BCUT2D eigenvalue weighted by Crippen LogP contribution is -2.51. The second-order valence-electron chi connectivity index (χ2n) is 6.29. The zero-order valence-electron chi connectivity index (χ0n) is 13.4. The molecule has 0 heterocycles. The summed E-state index contributed by atoms with van der Waals surface area (Å²) in [5.41, 5.74) is -0.113. The summed E-state index contributed by atoms with van der Waals surface area (Å²) in [6.07, 6.45) is 0.377. The van der Waals surface area contributed by atoms with E-state index < -0.39 is 24.1 Å². The van der Waals surface area contributed by atoms with E-state index in [9.17, 15) is 14.4 Å². The summed E-state index contributed by atoms with van der Waals surface area (Å²) in [7, 11) is 0. The van der Waals surface area contributed by atoms with Crippen LogP contribution in [0, 0.1) is 5.41 Å². The van der Waals surface area contributed by atoms with Crippen LogP contribution in [0.1, 0.15) is 47.5 Å². The quantitative estimate of drug-likeness (QED) is 0.564. The van der Waals surface area contributed by atoms with Crippen LogP contribution in [0.25, 0.3) is 0 Å². The number of amides is 3. The molecule has 0 aromatic rings. The van der Waals surface area contributed by atoms with Gasteiger partial charge in [0.15, 0.2) is 0 Å². The van der Waals surface area contributed by atoms with Gasteiger partial charge in [-0.1, -0.05) is 20.8 Å². The number of likely N-dealkylation sites (N-methyl/N-ethyl adjacent to an activating group) is 1. The van der Waals surface area contributed by atoms with Crippen LogP contribution in [-0.2, 0) is 9.59 Å². The molecule has 0 rings (SSSR count). The van der Waals surface area contributed by atoms with Gasteiger partial charge in [0.05, 0.1) is 6.42 Å². The molecule has 0 aliphatic carbocycles. The predicted octanol–water partition coefficient (Wildman–Crippen LogP) is 1.09. The number of carboxylic acids is 1. The van der Waals surface area contributed by atoms with Crippen molar-refractivity contribution < 1.29 is 19.5 Å². The number of nitrogens with one attached hydrogen (secondary N) is 3. The van der Waals surface area contributed by atoms with Crippen molar-refractivity contribution in [2.45, 2.75) is 59.5 Å². The third-order valence-electron chi connectivity index (χ3n) is 2.71. The molecule has 0 fully saturated rings. The Balaban J connectivity index is 4.52. The summed E-state index contributed by atoms with van der Waals surface area (Å²) in [6.45, 7) is 9.76. The van der Waals surface area contributed by atoms with Crippen molar-refractivity contribution in [1.29, 1.82) is 0 Å². The normalized spacial score (nSPS) is 14.0. The Hall–Kier alpha value is -1.79. The highest BCUT2D eigenvalue weighted by Gasteiger charge is 2.24. The van der Waals surface area contributed by atoms with Crippen LogP contribution in [0.2, 0.25) is 0 Å². The highest BCUT2D eigenvalue weighted by atomic mass is 16.4. The van der Waals surface area contributed by atoms with Gasteiger partial charge in [-0.15, -0.1) is 0 Å². The number of hydrogen-bond acceptors (Lipinski definition) is 3. The highest BCUT2D eigenvalue weighted by Crippen LogP contribution is 2.22. The summed E-state index contributed by atoms with van der Waals surface area (Å²) in [6, 6.07) is -1.70. The molecule has 0 saturated heterocycles. The minimum atomic E-state index is -0.971. The Morgan fingerprint density at radius 3 is 2.14 bits per heavy atom. The first-order chi connectivity index (χ1) is 9.55. The number of rotatable bonds is 7. The van der Waals surface area contributed by atoms with Gasteiger partial charge in [-0.3, -0.25) is 9.59 Å². The molecule has 0 spiro atoms. The summed E-state index contributed by atoms with van der Waals surface area (Å²) in [5.74, 6) is -1.25. The summed E-state index contributed by atoms with van der Waals surface area (Å²) < 4.78 is 0. The standard InChI is InChI=1S/C14H27N3O4/c1-6-15-12(20)9(2)16-13(21)17-10(7-11(18)19)8-14(3,4)5/h9-10H,6-8H2,1-5H3,(H,15,20)(H,18,19)(H2,16,17,21). The lowest BCUT2D eigenvalue weighted by Gasteiger charge is -2.26. The van der Waals surface area contributed by atoms with Gasteiger partial charge in [0, 0.05) is 12.6 Å². The molecule has 0 aromatic heterocycles. The van der Waals surface area contributed by atoms with Gasteiger partial charge in [0.2, 0.25) is 5.91 Å². The van der Waals surface area contributed by atoms with Gasteiger partial charge in [-0.05, 0) is 25.7 Å². The van der Waals surface area contributed by atoms with E-state index in [-0.39, 0.29) is 17.7 Å². The van der Waals surface area contributed by atoms with Crippen molar-refractivity contribution in [2.24, 2.45) is 5.41 Å². The third-order valence-corrected chi connectivity index (χ3v) is 2.71. The number of aliphatic carboxylic acids is 1. The average Bonchev–Trinajstić information content (AvgIpc) is 2.25. The molecule has 2 atom stereocenters. The van der Waals surface area contributed by atoms with Crippen LogP contribution < -0.4 is 16.0 Å². The maximum atomic E-state index is 11.8. The van der Waals surface area contributed by atoms with Gasteiger partial charge in [0.1, 0.15) is 6.04 Å². The molecule has 3 amide bonds. The van der Waals surface area contributed by atoms with E-state index in [1.54, 1.807) is 13.8 Å². The first-order valence-electron chi connectivity index (χ1n) is 7.11. The molecule has 0 radical (unpaired) electrons. The van der Waals surface area contributed by atoms with Crippen molar-refractivity contribution in [3.63, 3.8) is 0 Å². The molecule has 4 N–H and O–H groups in total. The first kappa shape index (κ1) is 19.2. The Morgan fingerprint density at radius 2 is 1.71 bits per heavy atom. The third kappa shape index (κ3) is 9.70. The van der Waals surface area contributed by atoms with Crippen LogP contribution in [0.3, 0.4) is 0 Å². The van der Waals surface area contributed by atoms with Crippen molar-refractivity contribution in [1.82, 2.24) is 16.0 Å². The van der Waals surface area contributed by atoms with Gasteiger partial charge < -0.3 is 21.1 Å². The molecule has 7 heteroatoms. The Morgan fingerprint density at radius 1 is 1.14 bits per heavy atom. The van der Waals surface area contributed by atoms with Crippen molar-refractivity contribution in [3.8, 4) is 0 Å². The Labute approximate surface area is 125 Å². The van der Waals surface area contributed by atoms with Crippen LogP contribution >= 0.6 is 0 Å². The largest absolute Gasteiger partial charge is 0.481 e. The fourth-order valence-electron chi connectivity index (χ4n) is 1.94. The van der Waals surface area contributed by atoms with Gasteiger partial charge in [0.25, 0.3) is 0 Å². The smallest absolute Gasteiger partial charge is 0.315 e.